The first kappa shape index (κ1) is 14.0. The van der Waals surface area contributed by atoms with E-state index in [2.05, 4.69) is 60.3 Å². The van der Waals surface area contributed by atoms with Gasteiger partial charge in [-0.3, -0.25) is 4.68 Å². The Morgan fingerprint density at radius 3 is 2.94 bits per heavy atom. The number of aromatic nitrogens is 2. The summed E-state index contributed by atoms with van der Waals surface area (Å²) < 4.78 is 2.06. The second kappa shape index (κ2) is 8.07. The minimum absolute atomic E-state index is 0.501. The monoisotopic (exact) mass is 235 g/mol. The Balaban J connectivity index is 2.29. The minimum atomic E-state index is 0.501. The smallest absolute Gasteiger partial charge is 0.0662 e. The summed E-state index contributed by atoms with van der Waals surface area (Å²) in [6.07, 6.45) is 9.68. The summed E-state index contributed by atoms with van der Waals surface area (Å²) in [4.78, 5) is 0. The van der Waals surface area contributed by atoms with Crippen LogP contribution in [0.3, 0.4) is 0 Å². The van der Waals surface area contributed by atoms with Gasteiger partial charge in [0.2, 0.25) is 0 Å². The summed E-state index contributed by atoms with van der Waals surface area (Å²) in [6, 6.07) is 2.61. The fraction of sp³-hybridized carbons (Fsp3) is 0.643. The number of allylic oxidation sites excluding steroid dienone is 1. The highest BCUT2D eigenvalue weighted by Gasteiger charge is 2.02. The second-order valence-electron chi connectivity index (χ2n) is 4.36. The summed E-state index contributed by atoms with van der Waals surface area (Å²) in [7, 11) is 0. The Bertz CT molecular complexity index is 328. The van der Waals surface area contributed by atoms with Crippen LogP contribution in [0.15, 0.2) is 24.4 Å². The molecule has 3 nitrogen and oxygen atoms in total. The number of hydrogen-bond donors (Lipinski definition) is 1. The number of hydrogen-bond acceptors (Lipinski definition) is 2. The fourth-order valence-electron chi connectivity index (χ4n) is 1.60. The zero-order valence-electron chi connectivity index (χ0n) is 11.3. The summed E-state index contributed by atoms with van der Waals surface area (Å²) in [5.41, 5.74) is 1.16. The minimum Gasteiger partial charge on any atom is -0.317 e. The van der Waals surface area contributed by atoms with E-state index in [-0.39, 0.29) is 0 Å². The van der Waals surface area contributed by atoms with Crippen LogP contribution in [0.4, 0.5) is 0 Å². The summed E-state index contributed by atoms with van der Waals surface area (Å²) in [5, 5.41) is 7.87. The highest BCUT2D eigenvalue weighted by Crippen LogP contribution is 2.09. The summed E-state index contributed by atoms with van der Waals surface area (Å²) in [6.45, 7) is 8.63. The molecule has 1 rings (SSSR count). The zero-order valence-corrected chi connectivity index (χ0v) is 11.3. The van der Waals surface area contributed by atoms with E-state index in [1.165, 1.54) is 0 Å². The lowest BCUT2D eigenvalue weighted by Gasteiger charge is -2.07. The van der Waals surface area contributed by atoms with E-state index in [1.807, 2.05) is 0 Å². The maximum Gasteiger partial charge on any atom is 0.0662 e. The van der Waals surface area contributed by atoms with Gasteiger partial charge in [0.15, 0.2) is 0 Å². The van der Waals surface area contributed by atoms with Gasteiger partial charge in [-0.25, -0.2) is 0 Å². The maximum atomic E-state index is 4.56. The van der Waals surface area contributed by atoms with Crippen LogP contribution in [0, 0.1) is 0 Å². The molecule has 1 heterocycles. The zero-order chi connectivity index (χ0) is 12.5. The molecule has 0 aliphatic carbocycles. The molecule has 0 amide bonds. The number of nitrogens with zero attached hydrogens (tertiary/aromatic N) is 2. The Morgan fingerprint density at radius 1 is 1.41 bits per heavy atom. The van der Waals surface area contributed by atoms with Crippen molar-refractivity contribution in [2.75, 3.05) is 13.1 Å². The number of nitrogens with one attached hydrogen (secondary N) is 1. The molecule has 3 heteroatoms. The molecule has 0 fully saturated rings. The van der Waals surface area contributed by atoms with Crippen molar-refractivity contribution in [1.82, 2.24) is 15.1 Å². The van der Waals surface area contributed by atoms with Crippen molar-refractivity contribution >= 4 is 0 Å². The second-order valence-corrected chi connectivity index (χ2v) is 4.36. The van der Waals surface area contributed by atoms with Gasteiger partial charge in [-0.15, -0.1) is 0 Å². The van der Waals surface area contributed by atoms with Gasteiger partial charge in [-0.1, -0.05) is 26.0 Å². The largest absolute Gasteiger partial charge is 0.317 e. The van der Waals surface area contributed by atoms with Gasteiger partial charge in [0.1, 0.15) is 0 Å². The van der Waals surface area contributed by atoms with Crippen LogP contribution in [0.2, 0.25) is 0 Å². The molecule has 1 aromatic heterocycles. The molecule has 0 bridgehead atoms. The van der Waals surface area contributed by atoms with Gasteiger partial charge in [0.05, 0.1) is 5.69 Å². The van der Waals surface area contributed by atoms with E-state index in [4.69, 9.17) is 0 Å². The van der Waals surface area contributed by atoms with E-state index in [0.717, 1.165) is 38.0 Å². The molecule has 0 saturated heterocycles. The van der Waals surface area contributed by atoms with E-state index < -0.39 is 0 Å². The molecule has 1 unspecified atom stereocenters. The molecular weight excluding hydrogens is 210 g/mol. The van der Waals surface area contributed by atoms with Crippen LogP contribution in [-0.2, 0) is 6.42 Å². The van der Waals surface area contributed by atoms with Crippen LogP contribution in [0.5, 0.6) is 0 Å². The van der Waals surface area contributed by atoms with E-state index in [0.29, 0.717) is 6.04 Å². The van der Waals surface area contributed by atoms with Crippen LogP contribution in [-0.4, -0.2) is 22.9 Å². The van der Waals surface area contributed by atoms with Crippen molar-refractivity contribution in [3.05, 3.63) is 30.1 Å². The van der Waals surface area contributed by atoms with Crippen molar-refractivity contribution in [2.45, 2.75) is 46.1 Å². The van der Waals surface area contributed by atoms with Crippen LogP contribution < -0.4 is 5.32 Å². The summed E-state index contributed by atoms with van der Waals surface area (Å²) in [5.74, 6) is 0. The highest BCUT2D eigenvalue weighted by molar-refractivity contribution is 5.05. The molecule has 1 atom stereocenters. The average Bonchev–Trinajstić information content (AvgIpc) is 2.81. The maximum absolute atomic E-state index is 4.56. The number of rotatable bonds is 8. The first-order valence-corrected chi connectivity index (χ1v) is 6.67. The lowest BCUT2D eigenvalue weighted by molar-refractivity contribution is 0.474. The van der Waals surface area contributed by atoms with Crippen LogP contribution in [0.25, 0.3) is 0 Å². The topological polar surface area (TPSA) is 29.9 Å². The molecule has 0 radical (unpaired) electrons. The standard InChI is InChI=1S/C14H25N3/c1-4-13(3)17-12-10-14(16-17)9-7-6-8-11-15-5-2/h6-7,10,12-13,15H,4-5,8-9,11H2,1-3H3. The predicted molar refractivity (Wildman–Crippen MR) is 73.2 cm³/mol. The van der Waals surface area contributed by atoms with Gasteiger partial charge in [0, 0.05) is 18.7 Å². The Labute approximate surface area is 105 Å². The first-order chi connectivity index (χ1) is 8.27. The fourth-order valence-corrected chi connectivity index (χ4v) is 1.60. The molecule has 0 aliphatic rings. The van der Waals surface area contributed by atoms with Crippen molar-refractivity contribution in [2.24, 2.45) is 0 Å². The third-order valence-corrected chi connectivity index (χ3v) is 2.94. The van der Waals surface area contributed by atoms with Crippen molar-refractivity contribution in [3.8, 4) is 0 Å². The summed E-state index contributed by atoms with van der Waals surface area (Å²) >= 11 is 0. The van der Waals surface area contributed by atoms with Gasteiger partial charge in [-0.05, 0) is 38.9 Å². The Kier molecular flexibility index (Phi) is 6.63. The van der Waals surface area contributed by atoms with E-state index in [9.17, 15) is 0 Å². The molecule has 96 valence electrons. The normalized spacial score (nSPS) is 13.4. The van der Waals surface area contributed by atoms with Gasteiger partial charge in [0.25, 0.3) is 0 Å². The molecule has 17 heavy (non-hydrogen) atoms. The van der Waals surface area contributed by atoms with E-state index >= 15 is 0 Å². The van der Waals surface area contributed by atoms with Crippen molar-refractivity contribution in [3.63, 3.8) is 0 Å². The van der Waals surface area contributed by atoms with Gasteiger partial charge >= 0.3 is 0 Å². The lowest BCUT2D eigenvalue weighted by Crippen LogP contribution is -2.12. The molecule has 0 saturated carbocycles. The molecule has 0 aromatic carbocycles. The highest BCUT2D eigenvalue weighted by atomic mass is 15.3. The first-order valence-electron chi connectivity index (χ1n) is 6.67. The predicted octanol–water partition coefficient (Wildman–Crippen LogP) is 2.95. The lowest BCUT2D eigenvalue weighted by atomic mass is 10.2. The van der Waals surface area contributed by atoms with Crippen molar-refractivity contribution < 1.29 is 0 Å². The van der Waals surface area contributed by atoms with Crippen LogP contribution in [0.1, 0.15) is 45.3 Å². The third-order valence-electron chi connectivity index (χ3n) is 2.94. The molecule has 0 spiro atoms. The third kappa shape index (κ3) is 5.18. The van der Waals surface area contributed by atoms with Crippen LogP contribution >= 0.6 is 0 Å². The Morgan fingerprint density at radius 2 is 2.24 bits per heavy atom. The quantitative estimate of drug-likeness (QED) is 0.554. The molecular formula is C14H25N3. The molecule has 1 N–H and O–H groups in total. The van der Waals surface area contributed by atoms with Gasteiger partial charge < -0.3 is 5.32 Å². The average molecular weight is 235 g/mol. The Hall–Kier alpha value is -1.09. The molecule has 1 aromatic rings. The van der Waals surface area contributed by atoms with Crippen molar-refractivity contribution in [1.29, 1.82) is 0 Å². The molecule has 0 aliphatic heterocycles. The van der Waals surface area contributed by atoms with E-state index in [1.54, 1.807) is 0 Å². The SMILES string of the molecule is CCNCCC=CCc1ccn(C(C)CC)n1. The van der Waals surface area contributed by atoms with Gasteiger partial charge in [-0.2, -0.15) is 5.10 Å².